The number of anilines is 1. The Kier molecular flexibility index (Phi) is 6.54. The molecule has 0 radical (unpaired) electrons. The van der Waals surface area contributed by atoms with Gasteiger partial charge in [0.15, 0.2) is 0 Å². The number of amides is 2. The number of allylic oxidation sites excluding steroid dienone is 1. The lowest BCUT2D eigenvalue weighted by atomic mass is 10.0. The molecule has 2 aromatic rings. The molecule has 140 valence electrons. The van der Waals surface area contributed by atoms with Gasteiger partial charge >= 0.3 is 6.18 Å². The molecule has 2 N–H and O–H groups in total. The van der Waals surface area contributed by atoms with Crippen LogP contribution >= 0.6 is 0 Å². The lowest BCUT2D eigenvalue weighted by molar-refractivity contribution is -0.112. The topological polar surface area (TPSA) is 58.2 Å². The van der Waals surface area contributed by atoms with Crippen molar-refractivity contribution in [3.05, 3.63) is 84.5 Å². The molecule has 0 bridgehead atoms. The van der Waals surface area contributed by atoms with Gasteiger partial charge in [-0.1, -0.05) is 48.5 Å². The highest BCUT2D eigenvalue weighted by Crippen LogP contribution is 2.33. The van der Waals surface area contributed by atoms with Gasteiger partial charge in [0.1, 0.15) is 0 Å². The second-order valence-electron chi connectivity index (χ2n) is 5.46. The lowest BCUT2D eigenvalue weighted by Crippen LogP contribution is -2.25. The third kappa shape index (κ3) is 5.57. The molecular weight excluding hydrogens is 357 g/mol. The summed E-state index contributed by atoms with van der Waals surface area (Å²) < 4.78 is 40.0. The molecule has 0 atom stereocenters. The van der Waals surface area contributed by atoms with Gasteiger partial charge in [-0.25, -0.2) is 0 Å². The maximum atomic E-state index is 13.3. The molecule has 0 heterocycles. The van der Waals surface area contributed by atoms with Crippen LogP contribution in [0, 0.1) is 0 Å². The summed E-state index contributed by atoms with van der Waals surface area (Å²) in [5.74, 6) is -1.47. The van der Waals surface area contributed by atoms with E-state index in [4.69, 9.17) is 0 Å². The van der Waals surface area contributed by atoms with Crippen LogP contribution in [-0.2, 0) is 4.79 Å². The minimum atomic E-state index is -4.71. The van der Waals surface area contributed by atoms with Crippen LogP contribution in [0.5, 0.6) is 0 Å². The van der Waals surface area contributed by atoms with E-state index in [1.807, 2.05) is 0 Å². The molecule has 0 saturated heterocycles. The summed E-state index contributed by atoms with van der Waals surface area (Å²) in [6, 6.07) is 13.1. The maximum Gasteiger partial charge on any atom is 0.417 e. The Morgan fingerprint density at radius 1 is 1.00 bits per heavy atom. The van der Waals surface area contributed by atoms with E-state index in [9.17, 15) is 22.8 Å². The molecule has 0 saturated carbocycles. The predicted molar refractivity (Wildman–Crippen MR) is 98.1 cm³/mol. The van der Waals surface area contributed by atoms with E-state index < -0.39 is 23.6 Å². The van der Waals surface area contributed by atoms with Crippen LogP contribution in [0.25, 0.3) is 5.57 Å². The van der Waals surface area contributed by atoms with Crippen LogP contribution in [-0.4, -0.2) is 24.5 Å². The third-order valence-electron chi connectivity index (χ3n) is 3.50. The SMILES string of the molecule is C=CCNC(=O)c1ccccc1NC(=O)/C=C(/c1ccccc1)C(F)(F)F. The number of nitrogens with one attached hydrogen (secondary N) is 2. The summed E-state index contributed by atoms with van der Waals surface area (Å²) in [6.07, 6.45) is -2.75. The lowest BCUT2D eigenvalue weighted by Gasteiger charge is -2.13. The van der Waals surface area contributed by atoms with Gasteiger partial charge in [-0.05, 0) is 17.7 Å². The Morgan fingerprint density at radius 2 is 1.63 bits per heavy atom. The van der Waals surface area contributed by atoms with Crippen molar-refractivity contribution in [2.45, 2.75) is 6.18 Å². The smallest absolute Gasteiger partial charge is 0.349 e. The second-order valence-corrected chi connectivity index (χ2v) is 5.46. The van der Waals surface area contributed by atoms with Gasteiger partial charge < -0.3 is 10.6 Å². The van der Waals surface area contributed by atoms with Crippen molar-refractivity contribution >= 4 is 23.1 Å². The number of rotatable bonds is 6. The van der Waals surface area contributed by atoms with Crippen LogP contribution in [0.2, 0.25) is 0 Å². The highest BCUT2D eigenvalue weighted by atomic mass is 19.4. The second kappa shape index (κ2) is 8.84. The van der Waals surface area contributed by atoms with E-state index in [2.05, 4.69) is 17.2 Å². The molecule has 0 spiro atoms. The Morgan fingerprint density at radius 3 is 2.26 bits per heavy atom. The first-order valence-electron chi connectivity index (χ1n) is 7.96. The van der Waals surface area contributed by atoms with Gasteiger partial charge in [-0.3, -0.25) is 9.59 Å². The fourth-order valence-corrected chi connectivity index (χ4v) is 2.30. The number of benzene rings is 2. The minimum absolute atomic E-state index is 0.106. The van der Waals surface area contributed by atoms with Crippen LogP contribution in [0.3, 0.4) is 0 Å². The number of halogens is 3. The summed E-state index contributed by atoms with van der Waals surface area (Å²) in [4.78, 5) is 24.3. The van der Waals surface area contributed by atoms with Crippen LogP contribution in [0.15, 0.2) is 73.3 Å². The largest absolute Gasteiger partial charge is 0.417 e. The Hall–Kier alpha value is -3.35. The average molecular weight is 374 g/mol. The zero-order chi connectivity index (χ0) is 19.9. The molecule has 0 fully saturated rings. The number of hydrogen-bond acceptors (Lipinski definition) is 2. The first-order chi connectivity index (χ1) is 12.8. The van der Waals surface area contributed by atoms with Gasteiger partial charge in [0, 0.05) is 12.6 Å². The third-order valence-corrected chi connectivity index (χ3v) is 3.50. The number of carbonyl (C=O) groups is 2. The monoisotopic (exact) mass is 374 g/mol. The zero-order valence-electron chi connectivity index (χ0n) is 14.2. The summed E-state index contributed by atoms with van der Waals surface area (Å²) in [5.41, 5.74) is -0.962. The number of carbonyl (C=O) groups excluding carboxylic acids is 2. The number of alkyl halides is 3. The molecule has 0 aliphatic carbocycles. The normalized spacial score (nSPS) is 11.6. The van der Waals surface area contributed by atoms with E-state index >= 15 is 0 Å². The molecule has 27 heavy (non-hydrogen) atoms. The molecule has 2 aromatic carbocycles. The van der Waals surface area contributed by atoms with E-state index in [1.165, 1.54) is 42.5 Å². The Labute approximate surface area is 154 Å². The van der Waals surface area contributed by atoms with Crippen molar-refractivity contribution in [3.8, 4) is 0 Å². The van der Waals surface area contributed by atoms with Gasteiger partial charge in [-0.2, -0.15) is 13.2 Å². The Bertz CT molecular complexity index is 859. The van der Waals surface area contributed by atoms with Crippen molar-refractivity contribution in [1.29, 1.82) is 0 Å². The van der Waals surface area contributed by atoms with Gasteiger partial charge in [-0.15, -0.1) is 6.58 Å². The summed E-state index contributed by atoms with van der Waals surface area (Å²) in [5, 5.41) is 4.89. The molecular formula is C20H17F3N2O2. The molecule has 0 aliphatic heterocycles. The average Bonchev–Trinajstić information content (AvgIpc) is 2.64. The maximum absolute atomic E-state index is 13.3. The van der Waals surface area contributed by atoms with E-state index in [0.29, 0.717) is 6.08 Å². The van der Waals surface area contributed by atoms with Gasteiger partial charge in [0.25, 0.3) is 5.91 Å². The fourth-order valence-electron chi connectivity index (χ4n) is 2.30. The highest BCUT2D eigenvalue weighted by molar-refractivity contribution is 6.09. The first kappa shape index (κ1) is 20.0. The molecule has 7 heteroatoms. The van der Waals surface area contributed by atoms with Crippen molar-refractivity contribution in [2.24, 2.45) is 0 Å². The standard InChI is InChI=1S/C20H17F3N2O2/c1-2-12-24-19(27)15-10-6-7-11-17(15)25-18(26)13-16(20(21,22)23)14-8-4-3-5-9-14/h2-11,13H,1,12H2,(H,24,27)(H,25,26)/b16-13-. The van der Waals surface area contributed by atoms with Gasteiger partial charge in [0.2, 0.25) is 5.91 Å². The van der Waals surface area contributed by atoms with E-state index in [1.54, 1.807) is 18.2 Å². The number of para-hydroxylation sites is 1. The van der Waals surface area contributed by atoms with E-state index in [-0.39, 0.29) is 23.4 Å². The summed E-state index contributed by atoms with van der Waals surface area (Å²) >= 11 is 0. The molecule has 0 aromatic heterocycles. The van der Waals surface area contributed by atoms with Gasteiger partial charge in [0.05, 0.1) is 16.8 Å². The number of hydrogen-bond donors (Lipinski definition) is 2. The van der Waals surface area contributed by atoms with Crippen molar-refractivity contribution in [1.82, 2.24) is 5.32 Å². The fraction of sp³-hybridized carbons (Fsp3) is 0.100. The van der Waals surface area contributed by atoms with Crippen molar-refractivity contribution in [3.63, 3.8) is 0 Å². The minimum Gasteiger partial charge on any atom is -0.349 e. The molecule has 0 aliphatic rings. The molecule has 0 unspecified atom stereocenters. The molecule has 2 amide bonds. The van der Waals surface area contributed by atoms with Crippen LogP contribution < -0.4 is 10.6 Å². The van der Waals surface area contributed by atoms with Crippen LogP contribution in [0.4, 0.5) is 18.9 Å². The summed E-state index contributed by atoms with van der Waals surface area (Å²) in [6.45, 7) is 3.70. The van der Waals surface area contributed by atoms with Crippen molar-refractivity contribution in [2.75, 3.05) is 11.9 Å². The predicted octanol–water partition coefficient (Wildman–Crippen LogP) is 4.19. The zero-order valence-corrected chi connectivity index (χ0v) is 14.2. The summed E-state index contributed by atoms with van der Waals surface area (Å²) in [7, 11) is 0. The van der Waals surface area contributed by atoms with Crippen LogP contribution in [0.1, 0.15) is 15.9 Å². The molecule has 4 nitrogen and oxygen atoms in total. The Balaban J connectivity index is 2.30. The highest BCUT2D eigenvalue weighted by Gasteiger charge is 2.35. The quantitative estimate of drug-likeness (QED) is 0.589. The molecule has 2 rings (SSSR count). The van der Waals surface area contributed by atoms with E-state index in [0.717, 1.165) is 0 Å². The first-order valence-corrected chi connectivity index (χ1v) is 7.96. The van der Waals surface area contributed by atoms with Crippen molar-refractivity contribution < 1.29 is 22.8 Å².